The number of carbonyl (C=O) groups is 1. The lowest BCUT2D eigenvalue weighted by atomic mass is 10.1. The topological polar surface area (TPSA) is 58.4 Å². The lowest BCUT2D eigenvalue weighted by molar-refractivity contribution is 0.0725. The number of nitrogen functional groups attached to an aromatic ring is 1. The van der Waals surface area contributed by atoms with Gasteiger partial charge >= 0.3 is 0 Å². The van der Waals surface area contributed by atoms with Gasteiger partial charge in [0.05, 0.1) is 11.3 Å². The van der Waals surface area contributed by atoms with Crippen LogP contribution in [-0.2, 0) is 0 Å². The van der Waals surface area contributed by atoms with Gasteiger partial charge in [-0.05, 0) is 31.4 Å². The summed E-state index contributed by atoms with van der Waals surface area (Å²) in [7, 11) is 0. The number of likely N-dealkylation sites (tertiary alicyclic amines) is 1. The van der Waals surface area contributed by atoms with Gasteiger partial charge in [-0.3, -0.25) is 10.6 Å². The lowest BCUT2D eigenvalue weighted by Crippen LogP contribution is -2.36. The number of halogens is 1. The first-order valence-electron chi connectivity index (χ1n) is 5.78. The van der Waals surface area contributed by atoms with E-state index in [0.717, 1.165) is 32.4 Å². The van der Waals surface area contributed by atoms with Crippen molar-refractivity contribution in [2.24, 2.45) is 5.84 Å². The van der Waals surface area contributed by atoms with Crippen LogP contribution in [0.1, 0.15) is 29.6 Å². The number of piperidine rings is 1. The molecule has 2 rings (SSSR count). The van der Waals surface area contributed by atoms with Crippen molar-refractivity contribution in [3.05, 3.63) is 29.6 Å². The third kappa shape index (κ3) is 2.39. The number of para-hydroxylation sites is 1. The van der Waals surface area contributed by atoms with E-state index in [4.69, 9.17) is 5.84 Å². The van der Waals surface area contributed by atoms with Gasteiger partial charge in [0, 0.05) is 13.1 Å². The van der Waals surface area contributed by atoms with Crippen molar-refractivity contribution in [1.29, 1.82) is 0 Å². The fourth-order valence-corrected chi connectivity index (χ4v) is 2.12. The fraction of sp³-hybridized carbons (Fsp3) is 0.417. The van der Waals surface area contributed by atoms with Crippen LogP contribution in [-0.4, -0.2) is 23.9 Å². The number of benzene rings is 1. The van der Waals surface area contributed by atoms with Crippen molar-refractivity contribution in [2.45, 2.75) is 19.3 Å². The van der Waals surface area contributed by atoms with Crippen LogP contribution in [0.25, 0.3) is 0 Å². The fourth-order valence-electron chi connectivity index (χ4n) is 2.12. The molecule has 1 aliphatic heterocycles. The van der Waals surface area contributed by atoms with E-state index in [2.05, 4.69) is 5.43 Å². The van der Waals surface area contributed by atoms with Gasteiger partial charge in [0.15, 0.2) is 0 Å². The second-order valence-corrected chi connectivity index (χ2v) is 4.16. The van der Waals surface area contributed by atoms with Crippen molar-refractivity contribution in [3.63, 3.8) is 0 Å². The van der Waals surface area contributed by atoms with E-state index in [1.54, 1.807) is 11.0 Å². The zero-order valence-corrected chi connectivity index (χ0v) is 9.58. The Morgan fingerprint density at radius 3 is 2.65 bits per heavy atom. The SMILES string of the molecule is NNc1c(F)cccc1C(=O)N1CCCCC1. The maximum Gasteiger partial charge on any atom is 0.256 e. The summed E-state index contributed by atoms with van der Waals surface area (Å²) in [6.07, 6.45) is 3.16. The third-order valence-electron chi connectivity index (χ3n) is 3.03. The highest BCUT2D eigenvalue weighted by atomic mass is 19.1. The Morgan fingerprint density at radius 1 is 1.29 bits per heavy atom. The Morgan fingerprint density at radius 2 is 2.00 bits per heavy atom. The van der Waals surface area contributed by atoms with Crippen LogP contribution in [0.2, 0.25) is 0 Å². The maximum atomic E-state index is 13.5. The van der Waals surface area contributed by atoms with Crippen LogP contribution in [0.3, 0.4) is 0 Å². The second kappa shape index (κ2) is 5.14. The van der Waals surface area contributed by atoms with E-state index in [9.17, 15) is 9.18 Å². The van der Waals surface area contributed by atoms with Gasteiger partial charge in [0.25, 0.3) is 5.91 Å². The van der Waals surface area contributed by atoms with Crippen LogP contribution in [0.5, 0.6) is 0 Å². The van der Waals surface area contributed by atoms with Crippen LogP contribution in [0, 0.1) is 5.82 Å². The summed E-state index contributed by atoms with van der Waals surface area (Å²) >= 11 is 0. The molecule has 3 N–H and O–H groups in total. The molecule has 0 aromatic heterocycles. The molecule has 5 heteroatoms. The minimum Gasteiger partial charge on any atom is -0.339 e. The summed E-state index contributed by atoms with van der Waals surface area (Å²) < 4.78 is 13.5. The van der Waals surface area contributed by atoms with Gasteiger partial charge in [-0.1, -0.05) is 6.07 Å². The third-order valence-corrected chi connectivity index (χ3v) is 3.03. The molecule has 0 aliphatic carbocycles. The van der Waals surface area contributed by atoms with Crippen LogP contribution < -0.4 is 11.3 Å². The van der Waals surface area contributed by atoms with E-state index in [1.807, 2.05) is 0 Å². The second-order valence-electron chi connectivity index (χ2n) is 4.16. The highest BCUT2D eigenvalue weighted by molar-refractivity contribution is 5.99. The largest absolute Gasteiger partial charge is 0.339 e. The molecule has 17 heavy (non-hydrogen) atoms. The quantitative estimate of drug-likeness (QED) is 0.608. The molecule has 1 saturated heterocycles. The Kier molecular flexibility index (Phi) is 3.58. The Hall–Kier alpha value is -1.62. The van der Waals surface area contributed by atoms with E-state index in [1.165, 1.54) is 12.1 Å². The smallest absolute Gasteiger partial charge is 0.256 e. The maximum absolute atomic E-state index is 13.5. The number of nitrogens with one attached hydrogen (secondary N) is 1. The summed E-state index contributed by atoms with van der Waals surface area (Å²) in [5, 5.41) is 0. The van der Waals surface area contributed by atoms with E-state index in [-0.39, 0.29) is 11.6 Å². The van der Waals surface area contributed by atoms with E-state index < -0.39 is 5.82 Å². The Balaban J connectivity index is 2.26. The van der Waals surface area contributed by atoms with Gasteiger partial charge in [-0.25, -0.2) is 4.39 Å². The van der Waals surface area contributed by atoms with Gasteiger partial charge < -0.3 is 10.3 Å². The molecule has 0 unspecified atom stereocenters. The van der Waals surface area contributed by atoms with Crippen molar-refractivity contribution in [1.82, 2.24) is 4.90 Å². The number of hydrogen-bond donors (Lipinski definition) is 2. The molecule has 0 spiro atoms. The molecule has 0 bridgehead atoms. The number of amides is 1. The van der Waals surface area contributed by atoms with Crippen LogP contribution in [0.15, 0.2) is 18.2 Å². The number of nitrogens with two attached hydrogens (primary N) is 1. The van der Waals surface area contributed by atoms with Gasteiger partial charge in [0.2, 0.25) is 0 Å². The standard InChI is InChI=1S/C12H16FN3O/c13-10-6-4-5-9(11(10)15-14)12(17)16-7-2-1-3-8-16/h4-6,15H,1-3,7-8,14H2. The number of hydrazine groups is 1. The van der Waals surface area contributed by atoms with Crippen LogP contribution in [0.4, 0.5) is 10.1 Å². The molecule has 0 saturated carbocycles. The highest BCUT2D eigenvalue weighted by Crippen LogP contribution is 2.22. The molecular weight excluding hydrogens is 221 g/mol. The summed E-state index contributed by atoms with van der Waals surface area (Å²) in [6, 6.07) is 4.39. The van der Waals surface area contributed by atoms with Gasteiger partial charge in [0.1, 0.15) is 5.82 Å². The monoisotopic (exact) mass is 237 g/mol. The predicted molar refractivity (Wildman–Crippen MR) is 64.0 cm³/mol. The zero-order valence-electron chi connectivity index (χ0n) is 9.58. The number of rotatable bonds is 2. The minimum atomic E-state index is -0.504. The Labute approximate surface area is 99.6 Å². The van der Waals surface area contributed by atoms with Crippen molar-refractivity contribution >= 4 is 11.6 Å². The summed E-state index contributed by atoms with van der Waals surface area (Å²) in [6.45, 7) is 1.47. The Bertz CT molecular complexity index is 416. The zero-order chi connectivity index (χ0) is 12.3. The molecule has 1 aromatic rings. The molecule has 1 aliphatic rings. The average Bonchev–Trinajstić information content (AvgIpc) is 2.38. The molecule has 0 atom stereocenters. The van der Waals surface area contributed by atoms with E-state index >= 15 is 0 Å². The predicted octanol–water partition coefficient (Wildman–Crippen LogP) is 1.74. The van der Waals surface area contributed by atoms with Gasteiger partial charge in [-0.15, -0.1) is 0 Å². The summed E-state index contributed by atoms with van der Waals surface area (Å²) in [5.74, 6) is 4.60. The summed E-state index contributed by atoms with van der Waals surface area (Å²) in [4.78, 5) is 13.9. The molecule has 1 heterocycles. The van der Waals surface area contributed by atoms with Crippen molar-refractivity contribution in [2.75, 3.05) is 18.5 Å². The first kappa shape index (κ1) is 11.9. The van der Waals surface area contributed by atoms with Crippen molar-refractivity contribution < 1.29 is 9.18 Å². The molecule has 0 radical (unpaired) electrons. The molecule has 92 valence electrons. The lowest BCUT2D eigenvalue weighted by Gasteiger charge is -2.27. The molecular formula is C12H16FN3O. The minimum absolute atomic E-state index is 0.0723. The average molecular weight is 237 g/mol. The molecule has 4 nitrogen and oxygen atoms in total. The first-order valence-corrected chi connectivity index (χ1v) is 5.78. The van der Waals surface area contributed by atoms with E-state index in [0.29, 0.717) is 5.56 Å². The van der Waals surface area contributed by atoms with Gasteiger partial charge in [-0.2, -0.15) is 0 Å². The normalized spacial score (nSPS) is 15.8. The number of carbonyl (C=O) groups excluding carboxylic acids is 1. The van der Waals surface area contributed by atoms with Crippen LogP contribution >= 0.6 is 0 Å². The number of anilines is 1. The van der Waals surface area contributed by atoms with Crippen molar-refractivity contribution in [3.8, 4) is 0 Å². The molecule has 1 aromatic carbocycles. The first-order chi connectivity index (χ1) is 8.24. The highest BCUT2D eigenvalue weighted by Gasteiger charge is 2.21. The number of hydrogen-bond acceptors (Lipinski definition) is 3. The number of nitrogens with zero attached hydrogens (tertiary/aromatic N) is 1. The molecule has 1 amide bonds. The summed E-state index contributed by atoms with van der Waals surface area (Å²) in [5.41, 5.74) is 2.63. The molecule has 1 fully saturated rings.